The summed E-state index contributed by atoms with van der Waals surface area (Å²) in [4.78, 5) is 25.0. The Kier molecular flexibility index (Phi) is 5.78. The van der Waals surface area contributed by atoms with Gasteiger partial charge in [0, 0.05) is 11.9 Å². The summed E-state index contributed by atoms with van der Waals surface area (Å²) in [6.45, 7) is 4.33. The monoisotopic (exact) mass is 309 g/mol. The molecule has 0 saturated heterocycles. The average molecular weight is 310 g/mol. The highest BCUT2D eigenvalue weighted by molar-refractivity contribution is 9.09. The average Bonchev–Trinajstić information content (AvgIpc) is 2.67. The van der Waals surface area contributed by atoms with E-state index in [1.807, 2.05) is 19.9 Å². The minimum absolute atomic E-state index is 0.208. The largest absolute Gasteiger partial charge is 0.270 e. The van der Waals surface area contributed by atoms with Crippen molar-refractivity contribution in [3.8, 4) is 0 Å². The maximum atomic E-state index is 11.9. The summed E-state index contributed by atoms with van der Waals surface area (Å²) in [5.41, 5.74) is 1.000. The number of carbonyl (C=O) groups is 2. The summed E-state index contributed by atoms with van der Waals surface area (Å²) in [5, 5.41) is 0.718. The van der Waals surface area contributed by atoms with Crippen LogP contribution < -0.4 is 0 Å². The minimum atomic E-state index is -0.208. The number of allylic oxidation sites excluding steroid dienone is 1. The molecule has 2 rings (SSSR count). The molecule has 0 aromatic heterocycles. The highest BCUT2D eigenvalue weighted by atomic mass is 79.9. The van der Waals surface area contributed by atoms with Gasteiger partial charge < -0.3 is 0 Å². The van der Waals surface area contributed by atoms with Crippen molar-refractivity contribution in [2.45, 2.75) is 13.8 Å². The van der Waals surface area contributed by atoms with Gasteiger partial charge in [0.1, 0.15) is 0 Å². The molecule has 0 N–H and O–H groups in total. The fourth-order valence-corrected chi connectivity index (χ4v) is 1.91. The Morgan fingerprint density at radius 2 is 1.56 bits per heavy atom. The predicted octanol–water partition coefficient (Wildman–Crippen LogP) is 3.26. The lowest BCUT2D eigenvalue weighted by molar-refractivity contribution is 0.0672. The maximum Gasteiger partial charge on any atom is 0.261 e. The fraction of sp³-hybridized carbons (Fsp3) is 0.286. The number of hydrogen-bond acceptors (Lipinski definition) is 2. The lowest BCUT2D eigenvalue weighted by Crippen LogP contribution is -2.29. The van der Waals surface area contributed by atoms with Gasteiger partial charge >= 0.3 is 0 Å². The normalized spacial score (nSPS) is 13.6. The highest BCUT2D eigenvalue weighted by Gasteiger charge is 2.33. The number of carbonyl (C=O) groups excluding carboxylic acids is 2. The van der Waals surface area contributed by atoms with Crippen LogP contribution in [0, 0.1) is 0 Å². The number of nitrogens with zero attached hydrogens (tertiary/aromatic N) is 1. The Bertz CT molecular complexity index is 434. The van der Waals surface area contributed by atoms with E-state index in [1.54, 1.807) is 30.3 Å². The molecule has 0 atom stereocenters. The molecular formula is C14H16BrNO2. The molecule has 1 aromatic carbocycles. The molecule has 0 fully saturated rings. The second kappa shape index (κ2) is 7.11. The van der Waals surface area contributed by atoms with Crippen LogP contribution in [-0.2, 0) is 0 Å². The van der Waals surface area contributed by atoms with E-state index in [4.69, 9.17) is 0 Å². The summed E-state index contributed by atoms with van der Waals surface area (Å²) in [5.74, 6) is -0.417. The smallest absolute Gasteiger partial charge is 0.261 e. The summed E-state index contributed by atoms with van der Waals surface area (Å²) in [6, 6.07) is 6.90. The summed E-state index contributed by atoms with van der Waals surface area (Å²) in [6.07, 6.45) is 3.67. The summed E-state index contributed by atoms with van der Waals surface area (Å²) in [7, 11) is 0. The van der Waals surface area contributed by atoms with E-state index in [2.05, 4.69) is 15.9 Å². The molecule has 4 heteroatoms. The second-order valence-corrected chi connectivity index (χ2v) is 4.04. The van der Waals surface area contributed by atoms with Crippen LogP contribution in [0.3, 0.4) is 0 Å². The van der Waals surface area contributed by atoms with E-state index in [0.29, 0.717) is 17.7 Å². The third kappa shape index (κ3) is 2.88. The van der Waals surface area contributed by atoms with Gasteiger partial charge in [0.15, 0.2) is 0 Å². The number of alkyl halides is 1. The second-order valence-electron chi connectivity index (χ2n) is 3.39. The lowest BCUT2D eigenvalue weighted by atomic mass is 10.1. The molecule has 0 aliphatic carbocycles. The Hall–Kier alpha value is -1.42. The third-order valence-corrected chi connectivity index (χ3v) is 2.80. The molecule has 0 unspecified atom stereocenters. The summed E-state index contributed by atoms with van der Waals surface area (Å²) >= 11 is 3.24. The van der Waals surface area contributed by atoms with Crippen molar-refractivity contribution in [2.75, 3.05) is 11.9 Å². The van der Waals surface area contributed by atoms with Crippen molar-refractivity contribution in [1.29, 1.82) is 0 Å². The molecule has 0 spiro atoms. The van der Waals surface area contributed by atoms with E-state index in [1.165, 1.54) is 4.90 Å². The first-order chi connectivity index (χ1) is 8.75. The zero-order valence-corrected chi connectivity index (χ0v) is 12.1. The molecule has 96 valence electrons. The zero-order chi connectivity index (χ0) is 13.5. The lowest BCUT2D eigenvalue weighted by Gasteiger charge is -2.09. The molecule has 1 heterocycles. The van der Waals surface area contributed by atoms with E-state index in [9.17, 15) is 9.59 Å². The first-order valence-electron chi connectivity index (χ1n) is 5.92. The number of benzene rings is 1. The van der Waals surface area contributed by atoms with Gasteiger partial charge in [0.05, 0.1) is 11.1 Å². The van der Waals surface area contributed by atoms with Gasteiger partial charge in [-0.2, -0.15) is 0 Å². The van der Waals surface area contributed by atoms with Crippen molar-refractivity contribution in [1.82, 2.24) is 4.90 Å². The Morgan fingerprint density at radius 3 is 2.00 bits per heavy atom. The van der Waals surface area contributed by atoms with Crippen molar-refractivity contribution in [3.05, 3.63) is 47.5 Å². The highest BCUT2D eigenvalue weighted by Crippen LogP contribution is 2.21. The Morgan fingerprint density at radius 1 is 1.06 bits per heavy atom. The van der Waals surface area contributed by atoms with E-state index < -0.39 is 0 Å². The van der Waals surface area contributed by atoms with Crippen molar-refractivity contribution in [2.24, 2.45) is 0 Å². The van der Waals surface area contributed by atoms with Crippen LogP contribution in [0.5, 0.6) is 0 Å². The molecule has 0 radical (unpaired) electrons. The van der Waals surface area contributed by atoms with Crippen LogP contribution in [0.15, 0.2) is 36.4 Å². The fourth-order valence-electron chi connectivity index (χ4n) is 1.65. The molecule has 0 bridgehead atoms. The van der Waals surface area contributed by atoms with Crippen molar-refractivity contribution in [3.63, 3.8) is 0 Å². The number of halogens is 1. The van der Waals surface area contributed by atoms with Crippen LogP contribution in [-0.4, -0.2) is 28.6 Å². The number of fused-ring (bicyclic) bond motifs is 1. The van der Waals surface area contributed by atoms with E-state index in [-0.39, 0.29) is 11.8 Å². The van der Waals surface area contributed by atoms with Crippen LogP contribution >= 0.6 is 15.9 Å². The molecular weight excluding hydrogens is 294 g/mol. The Balaban J connectivity index is 0.000000771. The number of imide groups is 1. The molecule has 1 aromatic rings. The molecule has 18 heavy (non-hydrogen) atoms. The molecule has 2 amide bonds. The Labute approximate surface area is 116 Å². The number of amides is 2. The van der Waals surface area contributed by atoms with Gasteiger partial charge in [-0.25, -0.2) is 0 Å². The van der Waals surface area contributed by atoms with Crippen molar-refractivity contribution >= 4 is 27.7 Å². The minimum Gasteiger partial charge on any atom is -0.270 e. The standard InChI is InChI=1S/C12H10BrNO2.C2H6/c13-7-3-4-8-14-11(15)9-5-1-2-6-10(9)12(14)16;1-2/h1-6H,7-8H2;1-2H3/b4-3+;. The van der Waals surface area contributed by atoms with Crippen LogP contribution in [0.2, 0.25) is 0 Å². The first kappa shape index (κ1) is 14.6. The van der Waals surface area contributed by atoms with Gasteiger partial charge in [-0.05, 0) is 12.1 Å². The van der Waals surface area contributed by atoms with Crippen LogP contribution in [0.25, 0.3) is 0 Å². The third-order valence-electron chi connectivity index (χ3n) is 2.42. The van der Waals surface area contributed by atoms with Gasteiger partial charge in [-0.1, -0.05) is 54.1 Å². The first-order valence-corrected chi connectivity index (χ1v) is 7.04. The number of rotatable bonds is 3. The van der Waals surface area contributed by atoms with Crippen LogP contribution in [0.1, 0.15) is 34.6 Å². The van der Waals surface area contributed by atoms with Gasteiger partial charge in [0.2, 0.25) is 0 Å². The molecule has 0 saturated carbocycles. The maximum absolute atomic E-state index is 11.9. The quantitative estimate of drug-likeness (QED) is 0.488. The molecule has 3 nitrogen and oxygen atoms in total. The summed E-state index contributed by atoms with van der Waals surface area (Å²) < 4.78 is 0. The van der Waals surface area contributed by atoms with Crippen molar-refractivity contribution < 1.29 is 9.59 Å². The zero-order valence-electron chi connectivity index (χ0n) is 10.5. The topological polar surface area (TPSA) is 37.4 Å². The van der Waals surface area contributed by atoms with Gasteiger partial charge in [-0.3, -0.25) is 14.5 Å². The van der Waals surface area contributed by atoms with E-state index >= 15 is 0 Å². The predicted molar refractivity (Wildman–Crippen MR) is 76.1 cm³/mol. The number of hydrogen-bond donors (Lipinski definition) is 0. The molecule has 1 aliphatic heterocycles. The van der Waals surface area contributed by atoms with E-state index in [0.717, 1.165) is 5.33 Å². The van der Waals surface area contributed by atoms with Crippen LogP contribution in [0.4, 0.5) is 0 Å². The SMILES string of the molecule is CC.O=C1c2ccccc2C(=O)N1C/C=C/CBr. The van der Waals surface area contributed by atoms with Gasteiger partial charge in [0.25, 0.3) is 11.8 Å². The van der Waals surface area contributed by atoms with Gasteiger partial charge in [-0.15, -0.1) is 0 Å². The molecule has 1 aliphatic rings.